The first-order valence-electron chi connectivity index (χ1n) is 21.4. The molecule has 10 heteroatoms. The van der Waals surface area contributed by atoms with Crippen LogP contribution in [-0.2, 0) is 32.7 Å². The van der Waals surface area contributed by atoms with Crippen LogP contribution in [0, 0.1) is 0 Å². The highest BCUT2D eigenvalue weighted by Crippen LogP contribution is 2.43. The summed E-state index contributed by atoms with van der Waals surface area (Å²) >= 11 is 0. The number of phosphoric ester groups is 1. The third-order valence-electron chi connectivity index (χ3n) is 8.84. The van der Waals surface area contributed by atoms with E-state index < -0.39 is 26.5 Å². The van der Waals surface area contributed by atoms with E-state index in [0.29, 0.717) is 23.9 Å². The Morgan fingerprint density at radius 1 is 0.593 bits per heavy atom. The standard InChI is InChI=1S/C44H80NO8P/c1-6-8-10-12-14-16-18-20-22-24-26-28-30-32-34-36-43(46)50-40-42(41-52-54(48,49)51-39-38-45(3,4)5)53-44(47)37-35-33-31-29-27-25-23-21-19-17-15-13-11-9-7-2/h8,10,14,16,20-23,42H,6-7,9,11-13,15,17-19,24-41H2,1-5H3/p+1/b10-8-,16-14-,22-20-,23-21-/t42-/m1/s1. The molecule has 0 radical (unpaired) electrons. The predicted octanol–water partition coefficient (Wildman–Crippen LogP) is 11.9. The topological polar surface area (TPSA) is 108 Å². The molecule has 0 bridgehead atoms. The molecule has 9 nitrogen and oxygen atoms in total. The number of likely N-dealkylation sites (N-methyl/N-ethyl adjacent to an activating group) is 1. The van der Waals surface area contributed by atoms with Gasteiger partial charge < -0.3 is 18.9 Å². The summed E-state index contributed by atoms with van der Waals surface area (Å²) in [5, 5.41) is 0. The second kappa shape index (κ2) is 36.6. The molecule has 0 aromatic carbocycles. The normalized spacial score (nSPS) is 14.1. The molecule has 0 rings (SSSR count). The Morgan fingerprint density at radius 2 is 1.06 bits per heavy atom. The number of phosphoric acid groups is 1. The highest BCUT2D eigenvalue weighted by molar-refractivity contribution is 7.47. The van der Waals surface area contributed by atoms with Crippen LogP contribution in [0.1, 0.15) is 168 Å². The molecule has 0 aliphatic heterocycles. The first kappa shape index (κ1) is 52.0. The van der Waals surface area contributed by atoms with E-state index in [1.807, 2.05) is 21.1 Å². The SMILES string of the molecule is CC/C=C\C/C=C\C/C=C\CCCCCCCC(=O)OC[C@H](COP(=O)(O)OCC[N+](C)(C)C)OC(=O)CCCCCCC/C=C\CCCCCCCC. The van der Waals surface area contributed by atoms with Crippen LogP contribution < -0.4 is 0 Å². The molecule has 2 atom stereocenters. The minimum Gasteiger partial charge on any atom is -0.462 e. The number of carbonyl (C=O) groups is 2. The third-order valence-corrected chi connectivity index (χ3v) is 9.83. The van der Waals surface area contributed by atoms with Crippen molar-refractivity contribution in [1.29, 1.82) is 0 Å². The van der Waals surface area contributed by atoms with Crippen LogP contribution in [0.5, 0.6) is 0 Å². The molecular formula is C44H81NO8P+. The maximum Gasteiger partial charge on any atom is 0.472 e. The number of rotatable bonds is 38. The maximum absolute atomic E-state index is 12.7. The van der Waals surface area contributed by atoms with E-state index in [4.69, 9.17) is 18.5 Å². The van der Waals surface area contributed by atoms with Gasteiger partial charge in [-0.1, -0.05) is 133 Å². The number of quaternary nitrogens is 1. The minimum atomic E-state index is -4.38. The van der Waals surface area contributed by atoms with Gasteiger partial charge in [-0.2, -0.15) is 0 Å². The Labute approximate surface area is 331 Å². The van der Waals surface area contributed by atoms with Crippen molar-refractivity contribution in [2.45, 2.75) is 174 Å². The summed E-state index contributed by atoms with van der Waals surface area (Å²) in [6.07, 6.45) is 41.5. The Bertz CT molecular complexity index is 1070. The molecule has 0 aromatic heterocycles. The summed E-state index contributed by atoms with van der Waals surface area (Å²) in [6.45, 7) is 4.26. The van der Waals surface area contributed by atoms with Gasteiger partial charge in [-0.05, 0) is 70.6 Å². The van der Waals surface area contributed by atoms with Crippen LogP contribution in [-0.4, -0.2) is 74.9 Å². The number of hydrogen-bond donors (Lipinski definition) is 1. The molecule has 0 amide bonds. The van der Waals surface area contributed by atoms with Crippen molar-refractivity contribution in [3.8, 4) is 0 Å². The lowest BCUT2D eigenvalue weighted by molar-refractivity contribution is -0.870. The lowest BCUT2D eigenvalue weighted by Crippen LogP contribution is -2.37. The highest BCUT2D eigenvalue weighted by Gasteiger charge is 2.27. The van der Waals surface area contributed by atoms with E-state index in [9.17, 15) is 19.0 Å². The summed E-state index contributed by atoms with van der Waals surface area (Å²) in [5.41, 5.74) is 0. The molecule has 0 aliphatic carbocycles. The summed E-state index contributed by atoms with van der Waals surface area (Å²) in [7, 11) is 1.45. The summed E-state index contributed by atoms with van der Waals surface area (Å²) in [4.78, 5) is 35.3. The molecule has 1 N–H and O–H groups in total. The Balaban J connectivity index is 4.42. The quantitative estimate of drug-likeness (QED) is 0.0217. The van der Waals surface area contributed by atoms with Crippen LogP contribution in [0.3, 0.4) is 0 Å². The van der Waals surface area contributed by atoms with Gasteiger partial charge in [-0.3, -0.25) is 18.6 Å². The van der Waals surface area contributed by atoms with Crippen LogP contribution in [0.25, 0.3) is 0 Å². The smallest absolute Gasteiger partial charge is 0.462 e. The van der Waals surface area contributed by atoms with E-state index in [0.717, 1.165) is 83.5 Å². The van der Waals surface area contributed by atoms with Gasteiger partial charge in [0, 0.05) is 12.8 Å². The minimum absolute atomic E-state index is 0.0257. The zero-order valence-corrected chi connectivity index (χ0v) is 36.1. The largest absolute Gasteiger partial charge is 0.472 e. The maximum atomic E-state index is 12.7. The number of ether oxygens (including phenoxy) is 2. The molecule has 0 heterocycles. The van der Waals surface area contributed by atoms with Crippen molar-refractivity contribution in [3.05, 3.63) is 48.6 Å². The molecule has 0 saturated heterocycles. The molecule has 0 fully saturated rings. The van der Waals surface area contributed by atoms with Gasteiger partial charge in [-0.25, -0.2) is 4.57 Å². The molecule has 1 unspecified atom stereocenters. The molecule has 0 aromatic rings. The van der Waals surface area contributed by atoms with Crippen LogP contribution in [0.2, 0.25) is 0 Å². The van der Waals surface area contributed by atoms with Gasteiger partial charge in [-0.15, -0.1) is 0 Å². The van der Waals surface area contributed by atoms with Crippen LogP contribution in [0.4, 0.5) is 0 Å². The fraction of sp³-hybridized carbons (Fsp3) is 0.773. The zero-order valence-electron chi connectivity index (χ0n) is 35.2. The fourth-order valence-corrected chi connectivity index (χ4v) is 6.23. The average Bonchev–Trinajstić information content (AvgIpc) is 3.12. The first-order valence-corrected chi connectivity index (χ1v) is 22.9. The van der Waals surface area contributed by atoms with E-state index >= 15 is 0 Å². The van der Waals surface area contributed by atoms with E-state index in [1.165, 1.54) is 44.9 Å². The van der Waals surface area contributed by atoms with Gasteiger partial charge in [0.15, 0.2) is 6.10 Å². The number of carbonyl (C=O) groups excluding carboxylic acids is 2. The van der Waals surface area contributed by atoms with E-state index in [-0.39, 0.29) is 32.0 Å². The number of hydrogen-bond acceptors (Lipinski definition) is 7. The van der Waals surface area contributed by atoms with Gasteiger partial charge in [0.25, 0.3) is 0 Å². The number of unbranched alkanes of at least 4 members (excludes halogenated alkanes) is 16. The Hall–Kier alpha value is -2.03. The number of nitrogens with zero attached hydrogens (tertiary/aromatic N) is 1. The van der Waals surface area contributed by atoms with Crippen molar-refractivity contribution in [1.82, 2.24) is 0 Å². The molecular weight excluding hydrogens is 701 g/mol. The number of esters is 2. The highest BCUT2D eigenvalue weighted by atomic mass is 31.2. The lowest BCUT2D eigenvalue weighted by Gasteiger charge is -2.24. The predicted molar refractivity (Wildman–Crippen MR) is 224 cm³/mol. The monoisotopic (exact) mass is 783 g/mol. The van der Waals surface area contributed by atoms with Gasteiger partial charge >= 0.3 is 19.8 Å². The molecule has 54 heavy (non-hydrogen) atoms. The van der Waals surface area contributed by atoms with Gasteiger partial charge in [0.2, 0.25) is 0 Å². The Morgan fingerprint density at radius 3 is 1.59 bits per heavy atom. The number of allylic oxidation sites excluding steroid dienone is 8. The average molecular weight is 783 g/mol. The zero-order chi connectivity index (χ0) is 40.0. The first-order chi connectivity index (χ1) is 26.0. The van der Waals surface area contributed by atoms with Crippen molar-refractivity contribution < 1.29 is 42.1 Å². The van der Waals surface area contributed by atoms with Crippen LogP contribution >= 0.6 is 7.82 Å². The van der Waals surface area contributed by atoms with Gasteiger partial charge in [0.1, 0.15) is 19.8 Å². The summed E-state index contributed by atoms with van der Waals surface area (Å²) < 4.78 is 34.2. The summed E-state index contributed by atoms with van der Waals surface area (Å²) in [5.74, 6) is -0.831. The second-order valence-electron chi connectivity index (χ2n) is 15.3. The van der Waals surface area contributed by atoms with Gasteiger partial charge in [0.05, 0.1) is 27.7 Å². The van der Waals surface area contributed by atoms with Crippen molar-refractivity contribution in [2.24, 2.45) is 0 Å². The second-order valence-corrected chi connectivity index (χ2v) is 16.8. The fourth-order valence-electron chi connectivity index (χ4n) is 5.49. The van der Waals surface area contributed by atoms with E-state index in [1.54, 1.807) is 0 Å². The third kappa shape index (κ3) is 39.7. The Kier molecular flexibility index (Phi) is 35.2. The van der Waals surface area contributed by atoms with Crippen molar-refractivity contribution in [3.63, 3.8) is 0 Å². The molecule has 0 aliphatic rings. The molecule has 314 valence electrons. The van der Waals surface area contributed by atoms with Crippen molar-refractivity contribution >= 4 is 19.8 Å². The van der Waals surface area contributed by atoms with E-state index in [2.05, 4.69) is 62.5 Å². The summed E-state index contributed by atoms with van der Waals surface area (Å²) in [6, 6.07) is 0. The van der Waals surface area contributed by atoms with Crippen LogP contribution in [0.15, 0.2) is 48.6 Å². The molecule has 0 saturated carbocycles. The lowest BCUT2D eigenvalue weighted by atomic mass is 10.1. The molecule has 0 spiro atoms. The van der Waals surface area contributed by atoms with Crippen molar-refractivity contribution in [2.75, 3.05) is 47.5 Å².